The number of rotatable bonds is 7. The van der Waals surface area contributed by atoms with Gasteiger partial charge in [-0.05, 0) is 13.3 Å². The molecule has 0 heterocycles. The standard InChI is InChI=1S/C9H18O2/c1-4-6-10-7-5-8-11-9(2)3/h2,4-8H2,1,3H3. The third-order valence-electron chi connectivity index (χ3n) is 1.13. The summed E-state index contributed by atoms with van der Waals surface area (Å²) < 4.78 is 10.4. The van der Waals surface area contributed by atoms with Crippen molar-refractivity contribution in [1.82, 2.24) is 0 Å². The topological polar surface area (TPSA) is 18.5 Å². The van der Waals surface area contributed by atoms with Crippen LogP contribution in [0.15, 0.2) is 12.3 Å². The highest BCUT2D eigenvalue weighted by Crippen LogP contribution is 1.92. The summed E-state index contributed by atoms with van der Waals surface area (Å²) in [6.45, 7) is 9.95. The van der Waals surface area contributed by atoms with Crippen LogP contribution >= 0.6 is 0 Å². The van der Waals surface area contributed by atoms with E-state index in [2.05, 4.69) is 13.5 Å². The molecule has 0 saturated carbocycles. The average molecular weight is 158 g/mol. The van der Waals surface area contributed by atoms with E-state index < -0.39 is 0 Å². The van der Waals surface area contributed by atoms with E-state index in [0.717, 1.165) is 38.4 Å². The molecule has 0 aliphatic heterocycles. The maximum Gasteiger partial charge on any atom is 0.0898 e. The monoisotopic (exact) mass is 158 g/mol. The molecule has 0 spiro atoms. The molecule has 0 fully saturated rings. The Kier molecular flexibility index (Phi) is 7.26. The fraction of sp³-hybridized carbons (Fsp3) is 0.778. The Labute approximate surface area is 69.2 Å². The molecule has 0 aromatic heterocycles. The second-order valence-electron chi connectivity index (χ2n) is 2.52. The molecule has 2 nitrogen and oxygen atoms in total. The van der Waals surface area contributed by atoms with Gasteiger partial charge in [0.25, 0.3) is 0 Å². The largest absolute Gasteiger partial charge is 0.499 e. The first kappa shape index (κ1) is 10.5. The Morgan fingerprint density at radius 1 is 1.27 bits per heavy atom. The molecule has 0 aliphatic carbocycles. The van der Waals surface area contributed by atoms with E-state index >= 15 is 0 Å². The maximum atomic E-state index is 5.25. The van der Waals surface area contributed by atoms with E-state index in [0.29, 0.717) is 0 Å². The Morgan fingerprint density at radius 2 is 2.00 bits per heavy atom. The predicted octanol–water partition coefficient (Wildman–Crippen LogP) is 2.35. The molecule has 0 N–H and O–H groups in total. The summed E-state index contributed by atoms with van der Waals surface area (Å²) in [5.41, 5.74) is 0. The van der Waals surface area contributed by atoms with Crippen LogP contribution in [0.3, 0.4) is 0 Å². The summed E-state index contributed by atoms with van der Waals surface area (Å²) in [5, 5.41) is 0. The lowest BCUT2D eigenvalue weighted by molar-refractivity contribution is 0.107. The second-order valence-corrected chi connectivity index (χ2v) is 2.52. The number of ether oxygens (including phenoxy) is 2. The minimum atomic E-state index is 0.721. The fourth-order valence-corrected chi connectivity index (χ4v) is 0.654. The van der Waals surface area contributed by atoms with Crippen molar-refractivity contribution in [2.24, 2.45) is 0 Å². The van der Waals surface area contributed by atoms with Crippen molar-refractivity contribution >= 4 is 0 Å². The summed E-state index contributed by atoms with van der Waals surface area (Å²) in [6, 6.07) is 0. The lowest BCUT2D eigenvalue weighted by Crippen LogP contribution is -2.00. The van der Waals surface area contributed by atoms with Gasteiger partial charge in [0, 0.05) is 19.6 Å². The molecule has 66 valence electrons. The molecule has 0 aromatic rings. The van der Waals surface area contributed by atoms with Crippen molar-refractivity contribution in [3.05, 3.63) is 12.3 Å². The van der Waals surface area contributed by atoms with E-state index in [1.807, 2.05) is 6.92 Å². The van der Waals surface area contributed by atoms with Crippen LogP contribution in [-0.2, 0) is 9.47 Å². The van der Waals surface area contributed by atoms with E-state index in [-0.39, 0.29) is 0 Å². The molecule has 0 aliphatic rings. The minimum Gasteiger partial charge on any atom is -0.499 e. The molecule has 0 bridgehead atoms. The fourth-order valence-electron chi connectivity index (χ4n) is 0.654. The van der Waals surface area contributed by atoms with Crippen LogP contribution in [0.25, 0.3) is 0 Å². The zero-order valence-electron chi connectivity index (χ0n) is 7.56. The summed E-state index contributed by atoms with van der Waals surface area (Å²) >= 11 is 0. The Balaban J connectivity index is 2.85. The van der Waals surface area contributed by atoms with Gasteiger partial charge in [0.2, 0.25) is 0 Å². The first-order valence-corrected chi connectivity index (χ1v) is 4.13. The van der Waals surface area contributed by atoms with E-state index in [9.17, 15) is 0 Å². The zero-order valence-corrected chi connectivity index (χ0v) is 7.56. The van der Waals surface area contributed by atoms with E-state index in [4.69, 9.17) is 9.47 Å². The summed E-state index contributed by atoms with van der Waals surface area (Å²) in [7, 11) is 0. The molecular weight excluding hydrogens is 140 g/mol. The first-order valence-electron chi connectivity index (χ1n) is 4.13. The van der Waals surface area contributed by atoms with Crippen molar-refractivity contribution in [2.75, 3.05) is 19.8 Å². The first-order chi connectivity index (χ1) is 5.27. The van der Waals surface area contributed by atoms with Gasteiger partial charge >= 0.3 is 0 Å². The van der Waals surface area contributed by atoms with Crippen molar-refractivity contribution in [1.29, 1.82) is 0 Å². The number of hydrogen-bond acceptors (Lipinski definition) is 2. The summed E-state index contributed by atoms with van der Waals surface area (Å²) in [6.07, 6.45) is 2.04. The van der Waals surface area contributed by atoms with Gasteiger partial charge in [-0.2, -0.15) is 0 Å². The number of hydrogen-bond donors (Lipinski definition) is 0. The van der Waals surface area contributed by atoms with Gasteiger partial charge in [0.05, 0.1) is 12.4 Å². The third-order valence-corrected chi connectivity index (χ3v) is 1.13. The molecule has 0 amide bonds. The van der Waals surface area contributed by atoms with Crippen LogP contribution in [0.2, 0.25) is 0 Å². The Hall–Kier alpha value is -0.500. The van der Waals surface area contributed by atoms with Crippen LogP contribution in [0.5, 0.6) is 0 Å². The molecule has 0 unspecified atom stereocenters. The van der Waals surface area contributed by atoms with Gasteiger partial charge in [-0.15, -0.1) is 0 Å². The third kappa shape index (κ3) is 9.50. The van der Waals surface area contributed by atoms with Gasteiger partial charge < -0.3 is 9.47 Å². The Bertz CT molecular complexity index is 99.7. The maximum absolute atomic E-state index is 5.25. The molecule has 2 heteroatoms. The van der Waals surface area contributed by atoms with Crippen LogP contribution in [0.1, 0.15) is 26.7 Å². The lowest BCUT2D eigenvalue weighted by Gasteiger charge is -2.04. The van der Waals surface area contributed by atoms with E-state index in [1.165, 1.54) is 0 Å². The van der Waals surface area contributed by atoms with Gasteiger partial charge in [0.1, 0.15) is 0 Å². The van der Waals surface area contributed by atoms with Gasteiger partial charge in [-0.1, -0.05) is 13.5 Å². The molecular formula is C9H18O2. The molecule has 0 saturated heterocycles. The highest BCUT2D eigenvalue weighted by Gasteiger charge is 1.88. The van der Waals surface area contributed by atoms with Crippen molar-refractivity contribution in [3.8, 4) is 0 Å². The average Bonchev–Trinajstić information content (AvgIpc) is 1.96. The smallest absolute Gasteiger partial charge is 0.0898 e. The minimum absolute atomic E-state index is 0.721. The van der Waals surface area contributed by atoms with E-state index in [1.54, 1.807) is 0 Å². The Morgan fingerprint density at radius 3 is 2.55 bits per heavy atom. The lowest BCUT2D eigenvalue weighted by atomic mass is 10.5. The highest BCUT2D eigenvalue weighted by atomic mass is 16.5. The predicted molar refractivity (Wildman–Crippen MR) is 46.5 cm³/mol. The zero-order chi connectivity index (χ0) is 8.53. The molecule has 0 atom stereocenters. The van der Waals surface area contributed by atoms with Crippen LogP contribution in [0, 0.1) is 0 Å². The van der Waals surface area contributed by atoms with Crippen LogP contribution < -0.4 is 0 Å². The van der Waals surface area contributed by atoms with Gasteiger partial charge in [-0.25, -0.2) is 0 Å². The quantitative estimate of drug-likeness (QED) is 0.418. The molecule has 0 aromatic carbocycles. The normalized spacial score (nSPS) is 9.64. The summed E-state index contributed by atoms with van der Waals surface area (Å²) in [4.78, 5) is 0. The summed E-state index contributed by atoms with van der Waals surface area (Å²) in [5.74, 6) is 0.778. The van der Waals surface area contributed by atoms with Crippen LogP contribution in [-0.4, -0.2) is 19.8 Å². The SMILES string of the molecule is C=C(C)OCCCOCCC. The van der Waals surface area contributed by atoms with Crippen molar-refractivity contribution in [3.63, 3.8) is 0 Å². The van der Waals surface area contributed by atoms with Crippen molar-refractivity contribution < 1.29 is 9.47 Å². The highest BCUT2D eigenvalue weighted by molar-refractivity contribution is 4.72. The molecule has 0 radical (unpaired) electrons. The molecule has 0 rings (SSSR count). The second kappa shape index (κ2) is 7.61. The van der Waals surface area contributed by atoms with Gasteiger partial charge in [-0.3, -0.25) is 0 Å². The van der Waals surface area contributed by atoms with Gasteiger partial charge in [0.15, 0.2) is 0 Å². The van der Waals surface area contributed by atoms with Crippen molar-refractivity contribution in [2.45, 2.75) is 26.7 Å². The number of allylic oxidation sites excluding steroid dienone is 1. The molecule has 11 heavy (non-hydrogen) atoms. The van der Waals surface area contributed by atoms with Crippen LogP contribution in [0.4, 0.5) is 0 Å².